The van der Waals surface area contributed by atoms with Gasteiger partial charge >= 0.3 is 0 Å². The average molecular weight is 309 g/mol. The number of halogens is 2. The molecule has 1 heterocycles. The van der Waals surface area contributed by atoms with Gasteiger partial charge in [0.1, 0.15) is 5.82 Å². The molecule has 2 rings (SSSR count). The Bertz CT molecular complexity index is 635. The molecule has 2 aromatic rings. The molecule has 21 heavy (non-hydrogen) atoms. The van der Waals surface area contributed by atoms with Gasteiger partial charge in [-0.2, -0.15) is 5.10 Å². The summed E-state index contributed by atoms with van der Waals surface area (Å²) >= 11 is 5.68. The topological polar surface area (TPSA) is 34.9 Å². The summed E-state index contributed by atoms with van der Waals surface area (Å²) < 4.78 is 15.6. The molecule has 0 amide bonds. The summed E-state index contributed by atoms with van der Waals surface area (Å²) in [6, 6.07) is 6.22. The largest absolute Gasteiger partial charge is 0.294 e. The van der Waals surface area contributed by atoms with Gasteiger partial charge in [-0.05, 0) is 37.1 Å². The lowest BCUT2D eigenvalue weighted by atomic mass is 10.1. The molecule has 0 radical (unpaired) electrons. The molecular formula is C16H18ClFN2O. The Balaban J connectivity index is 2.13. The van der Waals surface area contributed by atoms with Gasteiger partial charge in [0.05, 0.1) is 23.7 Å². The van der Waals surface area contributed by atoms with Gasteiger partial charge in [0.2, 0.25) is 0 Å². The number of Topliss-reactive ketones (excluding diaryl/α,β-unsaturated/α-hetero) is 1. The molecule has 0 aliphatic rings. The third-order valence-corrected chi connectivity index (χ3v) is 3.79. The van der Waals surface area contributed by atoms with Gasteiger partial charge in [-0.3, -0.25) is 9.48 Å². The van der Waals surface area contributed by atoms with Crippen LogP contribution in [0.2, 0.25) is 5.02 Å². The molecule has 0 bridgehead atoms. The quantitative estimate of drug-likeness (QED) is 0.738. The van der Waals surface area contributed by atoms with Gasteiger partial charge < -0.3 is 0 Å². The number of rotatable bonds is 6. The van der Waals surface area contributed by atoms with Crippen molar-refractivity contribution < 1.29 is 9.18 Å². The Morgan fingerprint density at radius 3 is 2.67 bits per heavy atom. The maximum Gasteiger partial charge on any atom is 0.171 e. The minimum absolute atomic E-state index is 0.0523. The average Bonchev–Trinajstić information content (AvgIpc) is 2.88. The van der Waals surface area contributed by atoms with Gasteiger partial charge in [0, 0.05) is 11.2 Å². The highest BCUT2D eigenvalue weighted by Crippen LogP contribution is 2.18. The molecule has 0 saturated carbocycles. The molecule has 0 atom stereocenters. The van der Waals surface area contributed by atoms with E-state index in [1.54, 1.807) is 0 Å². The minimum Gasteiger partial charge on any atom is -0.294 e. The fourth-order valence-corrected chi connectivity index (χ4v) is 2.47. The monoisotopic (exact) mass is 308 g/mol. The Hall–Kier alpha value is -1.68. The minimum atomic E-state index is -0.591. The van der Waals surface area contributed by atoms with Crippen molar-refractivity contribution >= 4 is 17.4 Å². The van der Waals surface area contributed by atoms with E-state index >= 15 is 0 Å². The molecule has 0 aliphatic heterocycles. The standard InChI is InChI=1S/C16H18ClFN2O/c1-3-13(4-2)20-8-7-12(19-20)10-16(21)14-6-5-11(17)9-15(14)18/h5-9,13H,3-4,10H2,1-2H3. The van der Waals surface area contributed by atoms with E-state index in [4.69, 9.17) is 11.6 Å². The first-order valence-corrected chi connectivity index (χ1v) is 7.45. The van der Waals surface area contributed by atoms with E-state index in [2.05, 4.69) is 18.9 Å². The molecule has 0 unspecified atom stereocenters. The summed E-state index contributed by atoms with van der Waals surface area (Å²) in [5, 5.41) is 4.69. The lowest BCUT2D eigenvalue weighted by Crippen LogP contribution is -2.10. The van der Waals surface area contributed by atoms with Crippen LogP contribution in [0.4, 0.5) is 4.39 Å². The zero-order valence-corrected chi connectivity index (χ0v) is 12.9. The zero-order chi connectivity index (χ0) is 15.4. The number of benzene rings is 1. The summed E-state index contributed by atoms with van der Waals surface area (Å²) in [6.45, 7) is 4.20. The summed E-state index contributed by atoms with van der Waals surface area (Å²) in [6.07, 6.45) is 3.93. The molecule has 0 saturated heterocycles. The van der Waals surface area contributed by atoms with E-state index in [1.807, 2.05) is 16.9 Å². The van der Waals surface area contributed by atoms with Crippen LogP contribution in [0.5, 0.6) is 0 Å². The van der Waals surface area contributed by atoms with Crippen LogP contribution in [0.15, 0.2) is 30.5 Å². The Labute approximate surface area is 128 Å². The second-order valence-electron chi connectivity index (χ2n) is 4.98. The fraction of sp³-hybridized carbons (Fsp3) is 0.375. The molecule has 0 aliphatic carbocycles. The zero-order valence-electron chi connectivity index (χ0n) is 12.1. The Kier molecular flexibility index (Phi) is 5.12. The summed E-state index contributed by atoms with van der Waals surface area (Å²) in [5.74, 6) is -0.883. The number of hydrogen-bond acceptors (Lipinski definition) is 2. The maximum absolute atomic E-state index is 13.7. The van der Waals surface area contributed by atoms with Crippen molar-refractivity contribution in [3.63, 3.8) is 0 Å². The van der Waals surface area contributed by atoms with Crippen molar-refractivity contribution in [3.8, 4) is 0 Å². The highest BCUT2D eigenvalue weighted by molar-refractivity contribution is 6.30. The van der Waals surface area contributed by atoms with Crippen molar-refractivity contribution in [3.05, 3.63) is 52.6 Å². The predicted molar refractivity (Wildman–Crippen MR) is 81.3 cm³/mol. The van der Waals surface area contributed by atoms with E-state index in [-0.39, 0.29) is 22.8 Å². The summed E-state index contributed by atoms with van der Waals surface area (Å²) in [7, 11) is 0. The van der Waals surface area contributed by atoms with Crippen LogP contribution in [0, 0.1) is 5.82 Å². The van der Waals surface area contributed by atoms with E-state index < -0.39 is 5.82 Å². The molecule has 0 N–H and O–H groups in total. The summed E-state index contributed by atoms with van der Waals surface area (Å²) in [4.78, 5) is 12.1. The van der Waals surface area contributed by atoms with Crippen LogP contribution in [0.1, 0.15) is 48.8 Å². The molecule has 3 nitrogen and oxygen atoms in total. The Morgan fingerprint density at radius 1 is 1.33 bits per heavy atom. The third-order valence-electron chi connectivity index (χ3n) is 3.55. The van der Waals surface area contributed by atoms with Gasteiger partial charge in [0.15, 0.2) is 5.78 Å². The van der Waals surface area contributed by atoms with Crippen LogP contribution in [0.3, 0.4) is 0 Å². The van der Waals surface area contributed by atoms with E-state index in [0.29, 0.717) is 11.7 Å². The summed E-state index contributed by atoms with van der Waals surface area (Å²) in [5.41, 5.74) is 0.706. The van der Waals surface area contributed by atoms with Crippen molar-refractivity contribution in [2.75, 3.05) is 0 Å². The predicted octanol–water partition coefficient (Wildman–Crippen LogP) is 4.46. The molecule has 112 valence electrons. The number of carbonyl (C=O) groups excluding carboxylic acids is 1. The van der Waals surface area contributed by atoms with Crippen molar-refractivity contribution in [1.82, 2.24) is 9.78 Å². The number of ketones is 1. The van der Waals surface area contributed by atoms with Gasteiger partial charge in [-0.15, -0.1) is 0 Å². The lowest BCUT2D eigenvalue weighted by Gasteiger charge is -2.12. The second-order valence-corrected chi connectivity index (χ2v) is 5.42. The number of carbonyl (C=O) groups is 1. The van der Waals surface area contributed by atoms with Gasteiger partial charge in [0.25, 0.3) is 0 Å². The fourth-order valence-electron chi connectivity index (χ4n) is 2.31. The van der Waals surface area contributed by atoms with Crippen LogP contribution >= 0.6 is 11.6 Å². The van der Waals surface area contributed by atoms with Gasteiger partial charge in [-0.25, -0.2) is 4.39 Å². The maximum atomic E-state index is 13.7. The van der Waals surface area contributed by atoms with E-state index in [1.165, 1.54) is 12.1 Å². The van der Waals surface area contributed by atoms with Gasteiger partial charge in [-0.1, -0.05) is 25.4 Å². The lowest BCUT2D eigenvalue weighted by molar-refractivity contribution is 0.0988. The van der Waals surface area contributed by atoms with Crippen LogP contribution < -0.4 is 0 Å². The molecule has 0 fully saturated rings. The second kappa shape index (κ2) is 6.85. The van der Waals surface area contributed by atoms with Crippen molar-refractivity contribution in [1.29, 1.82) is 0 Å². The molecular weight excluding hydrogens is 291 g/mol. The number of hydrogen-bond donors (Lipinski definition) is 0. The smallest absolute Gasteiger partial charge is 0.171 e. The van der Waals surface area contributed by atoms with E-state index in [9.17, 15) is 9.18 Å². The number of nitrogens with zero attached hydrogens (tertiary/aromatic N) is 2. The van der Waals surface area contributed by atoms with Crippen molar-refractivity contribution in [2.45, 2.75) is 39.2 Å². The number of aromatic nitrogens is 2. The van der Waals surface area contributed by atoms with Crippen LogP contribution in [-0.2, 0) is 6.42 Å². The molecule has 1 aromatic heterocycles. The van der Waals surface area contributed by atoms with Crippen LogP contribution in [-0.4, -0.2) is 15.6 Å². The first kappa shape index (κ1) is 15.7. The molecule has 1 aromatic carbocycles. The van der Waals surface area contributed by atoms with Crippen LogP contribution in [0.25, 0.3) is 0 Å². The SMILES string of the molecule is CCC(CC)n1ccc(CC(=O)c2ccc(Cl)cc2F)n1. The molecule has 5 heteroatoms. The first-order valence-electron chi connectivity index (χ1n) is 7.07. The normalized spacial score (nSPS) is 11.1. The highest BCUT2D eigenvalue weighted by Gasteiger charge is 2.15. The first-order chi connectivity index (χ1) is 10.0. The van der Waals surface area contributed by atoms with Crippen molar-refractivity contribution in [2.24, 2.45) is 0 Å². The highest BCUT2D eigenvalue weighted by atomic mass is 35.5. The third kappa shape index (κ3) is 3.70. The Morgan fingerprint density at radius 2 is 2.05 bits per heavy atom. The van der Waals surface area contributed by atoms with E-state index in [0.717, 1.165) is 18.9 Å². The molecule has 0 spiro atoms.